The topological polar surface area (TPSA) is 55.6 Å². The van der Waals surface area contributed by atoms with Crippen molar-refractivity contribution >= 4 is 11.6 Å². The molecule has 1 unspecified atom stereocenters. The molecule has 0 saturated heterocycles. The zero-order valence-electron chi connectivity index (χ0n) is 15.7. The lowest BCUT2D eigenvalue weighted by Gasteiger charge is -2.13. The number of hydrogen-bond donors (Lipinski definition) is 1. The number of pyridine rings is 1. The van der Waals surface area contributed by atoms with Gasteiger partial charge in [0.1, 0.15) is 24.1 Å². The van der Waals surface area contributed by atoms with Crippen LogP contribution in [-0.4, -0.2) is 25.9 Å². The lowest BCUT2D eigenvalue weighted by Crippen LogP contribution is -2.04. The summed E-state index contributed by atoms with van der Waals surface area (Å²) in [6.45, 7) is 0. The Labute approximate surface area is 166 Å². The maximum Gasteiger partial charge on any atom is 0.246 e. The molecule has 150 valence electrons. The first kappa shape index (κ1) is 18.1. The van der Waals surface area contributed by atoms with Gasteiger partial charge in [0.25, 0.3) is 0 Å². The molecule has 1 aromatic carbocycles. The molecule has 0 amide bonds. The van der Waals surface area contributed by atoms with Gasteiger partial charge in [-0.25, -0.2) is 17.9 Å². The van der Waals surface area contributed by atoms with Gasteiger partial charge >= 0.3 is 0 Å². The van der Waals surface area contributed by atoms with Gasteiger partial charge in [-0.05, 0) is 56.4 Å². The molecule has 2 heterocycles. The normalized spacial score (nSPS) is 21.5. The van der Waals surface area contributed by atoms with Crippen LogP contribution in [0.5, 0.6) is 0 Å². The van der Waals surface area contributed by atoms with E-state index in [0.717, 1.165) is 42.4 Å². The van der Waals surface area contributed by atoms with Gasteiger partial charge in [-0.2, -0.15) is 4.98 Å². The smallest absolute Gasteiger partial charge is 0.246 e. The van der Waals surface area contributed by atoms with Gasteiger partial charge in [0.05, 0.1) is 5.69 Å². The van der Waals surface area contributed by atoms with Crippen molar-refractivity contribution in [3.63, 3.8) is 0 Å². The number of anilines is 2. The zero-order valence-corrected chi connectivity index (χ0v) is 15.7. The van der Waals surface area contributed by atoms with E-state index in [1.165, 1.54) is 23.1 Å². The van der Waals surface area contributed by atoms with Crippen LogP contribution in [0.3, 0.4) is 0 Å². The summed E-state index contributed by atoms with van der Waals surface area (Å²) in [6.07, 6.45) is 4.77. The van der Waals surface area contributed by atoms with Crippen LogP contribution in [0.15, 0.2) is 36.7 Å². The number of aromatic nitrogens is 4. The van der Waals surface area contributed by atoms with Crippen LogP contribution in [0.25, 0.3) is 5.69 Å². The summed E-state index contributed by atoms with van der Waals surface area (Å²) in [6, 6.07) is 7.08. The van der Waals surface area contributed by atoms with Crippen molar-refractivity contribution in [3.05, 3.63) is 59.7 Å². The molecule has 8 heteroatoms. The number of benzene rings is 1. The summed E-state index contributed by atoms with van der Waals surface area (Å²) in [5.41, 5.74) is 2.96. The van der Waals surface area contributed by atoms with Gasteiger partial charge in [0.2, 0.25) is 5.95 Å². The Balaban J connectivity index is 1.41. The van der Waals surface area contributed by atoms with Crippen LogP contribution in [0.1, 0.15) is 55.3 Å². The predicted molar refractivity (Wildman–Crippen MR) is 102 cm³/mol. The van der Waals surface area contributed by atoms with E-state index in [1.807, 2.05) is 12.1 Å². The number of alkyl halides is 1. The Morgan fingerprint density at radius 2 is 1.59 bits per heavy atom. The Morgan fingerprint density at radius 1 is 0.897 bits per heavy atom. The molecule has 5 rings (SSSR count). The van der Waals surface area contributed by atoms with Crippen LogP contribution >= 0.6 is 0 Å². The van der Waals surface area contributed by atoms with Gasteiger partial charge in [-0.3, -0.25) is 4.98 Å². The Kier molecular flexibility index (Phi) is 4.49. The SMILES string of the molecule is Fc1cc(F)cc(-n2cnc(Nc3cc(C4CC4)nc(C4CC[C@@H](F)C4)c3)n2)c1. The van der Waals surface area contributed by atoms with E-state index >= 15 is 0 Å². The molecule has 29 heavy (non-hydrogen) atoms. The van der Waals surface area contributed by atoms with Gasteiger partial charge in [0.15, 0.2) is 0 Å². The summed E-state index contributed by atoms with van der Waals surface area (Å²) in [7, 11) is 0. The highest BCUT2D eigenvalue weighted by Gasteiger charge is 2.30. The van der Waals surface area contributed by atoms with Crippen LogP contribution in [0.2, 0.25) is 0 Å². The summed E-state index contributed by atoms with van der Waals surface area (Å²) >= 11 is 0. The van der Waals surface area contributed by atoms with Crippen molar-refractivity contribution in [1.29, 1.82) is 0 Å². The summed E-state index contributed by atoms with van der Waals surface area (Å²) in [5.74, 6) is -0.464. The van der Waals surface area contributed by atoms with Crippen molar-refractivity contribution in [3.8, 4) is 5.69 Å². The molecule has 0 bridgehead atoms. The Morgan fingerprint density at radius 3 is 2.24 bits per heavy atom. The third kappa shape index (κ3) is 3.97. The van der Waals surface area contributed by atoms with Crippen molar-refractivity contribution in [2.24, 2.45) is 0 Å². The van der Waals surface area contributed by atoms with E-state index in [4.69, 9.17) is 4.98 Å². The second-order valence-corrected chi connectivity index (χ2v) is 7.85. The lowest BCUT2D eigenvalue weighted by molar-refractivity contribution is 0.339. The third-order valence-corrected chi connectivity index (χ3v) is 5.51. The monoisotopic (exact) mass is 399 g/mol. The summed E-state index contributed by atoms with van der Waals surface area (Å²) in [5, 5.41) is 7.43. The maximum absolute atomic E-state index is 13.7. The average Bonchev–Trinajstić information content (AvgIpc) is 3.28. The number of nitrogens with one attached hydrogen (secondary N) is 1. The van der Waals surface area contributed by atoms with Crippen LogP contribution < -0.4 is 5.32 Å². The van der Waals surface area contributed by atoms with Crippen molar-refractivity contribution in [2.45, 2.75) is 50.1 Å². The predicted octanol–water partition coefficient (Wildman–Crippen LogP) is 5.17. The third-order valence-electron chi connectivity index (χ3n) is 5.51. The molecule has 2 aliphatic carbocycles. The second kappa shape index (κ2) is 7.17. The Hall–Kier alpha value is -2.90. The highest BCUT2D eigenvalue weighted by molar-refractivity contribution is 5.55. The fourth-order valence-electron chi connectivity index (χ4n) is 3.88. The summed E-state index contributed by atoms with van der Waals surface area (Å²) < 4.78 is 41.9. The molecular formula is C21H20F3N5. The van der Waals surface area contributed by atoms with Crippen molar-refractivity contribution in [2.75, 3.05) is 5.32 Å². The van der Waals surface area contributed by atoms with E-state index in [9.17, 15) is 13.2 Å². The molecule has 0 aliphatic heterocycles. The van der Waals surface area contributed by atoms with Gasteiger partial charge < -0.3 is 5.32 Å². The second-order valence-electron chi connectivity index (χ2n) is 7.85. The highest BCUT2D eigenvalue weighted by atomic mass is 19.1. The van der Waals surface area contributed by atoms with Crippen molar-refractivity contribution < 1.29 is 13.2 Å². The Bertz CT molecular complexity index is 1030. The highest BCUT2D eigenvalue weighted by Crippen LogP contribution is 2.42. The lowest BCUT2D eigenvalue weighted by atomic mass is 10.0. The fourth-order valence-corrected chi connectivity index (χ4v) is 3.88. The van der Waals surface area contributed by atoms with E-state index in [-0.39, 0.29) is 11.6 Å². The summed E-state index contributed by atoms with van der Waals surface area (Å²) in [4.78, 5) is 8.98. The van der Waals surface area contributed by atoms with Crippen LogP contribution in [0, 0.1) is 11.6 Å². The first-order valence-electron chi connectivity index (χ1n) is 9.84. The molecule has 3 aromatic rings. The molecule has 0 radical (unpaired) electrons. The number of rotatable bonds is 5. The van der Waals surface area contributed by atoms with Crippen LogP contribution in [0.4, 0.5) is 24.8 Å². The van der Waals surface area contributed by atoms with Crippen molar-refractivity contribution in [1.82, 2.24) is 19.7 Å². The zero-order chi connectivity index (χ0) is 20.0. The number of halogens is 3. The minimum absolute atomic E-state index is 0.130. The molecule has 2 saturated carbocycles. The minimum Gasteiger partial charge on any atom is -0.323 e. The molecule has 2 fully saturated rings. The van der Waals surface area contributed by atoms with E-state index in [1.54, 1.807) is 0 Å². The molecule has 2 aliphatic rings. The van der Waals surface area contributed by atoms with E-state index in [0.29, 0.717) is 24.7 Å². The number of hydrogen-bond acceptors (Lipinski definition) is 4. The van der Waals surface area contributed by atoms with E-state index < -0.39 is 17.8 Å². The van der Waals surface area contributed by atoms with Crippen LogP contribution in [-0.2, 0) is 0 Å². The van der Waals surface area contributed by atoms with Gasteiger partial charge in [-0.1, -0.05) is 0 Å². The van der Waals surface area contributed by atoms with E-state index in [2.05, 4.69) is 15.4 Å². The van der Waals surface area contributed by atoms with Gasteiger partial charge in [0, 0.05) is 35.0 Å². The molecule has 1 N–H and O–H groups in total. The maximum atomic E-state index is 13.7. The molecule has 0 spiro atoms. The first-order chi connectivity index (χ1) is 14.0. The minimum atomic E-state index is -0.758. The fraction of sp³-hybridized carbons (Fsp3) is 0.381. The molecular weight excluding hydrogens is 379 g/mol. The standard InChI is InChI=1S/C21H20F3N5/c22-14-4-3-13(5-14)20-10-17(9-19(27-20)12-1-2-12)26-21-25-11-29(28-21)18-7-15(23)6-16(24)8-18/h6-14H,1-5H2,(H,26,27,28)/t13?,14-/m1/s1. The molecule has 2 atom stereocenters. The molecule has 5 nitrogen and oxygen atoms in total. The molecule has 2 aromatic heterocycles. The first-order valence-corrected chi connectivity index (χ1v) is 9.84. The number of nitrogens with zero attached hydrogens (tertiary/aromatic N) is 4. The quantitative estimate of drug-likeness (QED) is 0.643. The van der Waals surface area contributed by atoms with Gasteiger partial charge in [-0.15, -0.1) is 5.10 Å². The largest absolute Gasteiger partial charge is 0.323 e. The average molecular weight is 399 g/mol.